The van der Waals surface area contributed by atoms with Crippen LogP contribution in [0.1, 0.15) is 33.4 Å². The lowest BCUT2D eigenvalue weighted by Crippen LogP contribution is -1.94. The Morgan fingerprint density at radius 1 is 0.167 bits per heavy atom. The summed E-state index contributed by atoms with van der Waals surface area (Å²) in [6, 6.07) is 85.5. The maximum atomic E-state index is 2.46. The predicted molar refractivity (Wildman–Crippen MR) is 283 cm³/mol. The highest BCUT2D eigenvalue weighted by atomic mass is 14.3. The second-order valence-electron chi connectivity index (χ2n) is 17.8. The summed E-state index contributed by atoms with van der Waals surface area (Å²) in [4.78, 5) is 0. The zero-order chi connectivity index (χ0) is 43.3. The van der Waals surface area contributed by atoms with E-state index in [1.165, 1.54) is 143 Å². The molecule has 0 aliphatic heterocycles. The fourth-order valence-electron chi connectivity index (χ4n) is 11.7. The van der Waals surface area contributed by atoms with Gasteiger partial charge in [0.15, 0.2) is 0 Å². The lowest BCUT2D eigenvalue weighted by atomic mass is 9.82. The molecule has 0 radical (unpaired) electrons. The molecular weight excluding hydrogens is 793 g/mol. The highest BCUT2D eigenvalue weighted by Crippen LogP contribution is 2.51. The molecule has 0 saturated carbocycles. The van der Waals surface area contributed by atoms with Gasteiger partial charge in [-0.2, -0.15) is 0 Å². The number of benzene rings is 12. The normalized spacial score (nSPS) is 12.5. The average molecular weight is 833 g/mol. The zero-order valence-corrected chi connectivity index (χ0v) is 36.1. The second kappa shape index (κ2) is 14.5. The molecule has 0 spiro atoms. The summed E-state index contributed by atoms with van der Waals surface area (Å²) in [5, 5.41) is 12.5. The summed E-state index contributed by atoms with van der Waals surface area (Å²) in [6.45, 7) is 0. The van der Waals surface area contributed by atoms with Gasteiger partial charge in [0, 0.05) is 0 Å². The Kier molecular flexibility index (Phi) is 8.08. The maximum absolute atomic E-state index is 2.46. The van der Waals surface area contributed by atoms with E-state index >= 15 is 0 Å². The Hall–Kier alpha value is -8.58. The molecule has 2 aliphatic carbocycles. The van der Waals surface area contributed by atoms with E-state index in [0.717, 1.165) is 0 Å². The van der Waals surface area contributed by atoms with Crippen molar-refractivity contribution in [2.45, 2.75) is 0 Å². The molecule has 0 heterocycles. The fraction of sp³-hybridized carbons (Fsp3) is 0. The summed E-state index contributed by atoms with van der Waals surface area (Å²) < 4.78 is 0. The van der Waals surface area contributed by atoms with Crippen molar-refractivity contribution < 1.29 is 0 Å². The van der Waals surface area contributed by atoms with E-state index in [9.17, 15) is 0 Å². The van der Waals surface area contributed by atoms with Crippen molar-refractivity contribution in [2.75, 3.05) is 0 Å². The van der Waals surface area contributed by atoms with E-state index in [1.54, 1.807) is 0 Å². The lowest BCUT2D eigenvalue weighted by molar-refractivity contribution is 1.65. The monoisotopic (exact) mass is 832 g/mol. The minimum Gasteiger partial charge on any atom is -0.0616 e. The first-order valence-corrected chi connectivity index (χ1v) is 23.0. The Bertz CT molecular complexity index is 3620. The number of hydrogen-bond acceptors (Lipinski definition) is 0. The molecule has 0 heteroatoms. The van der Waals surface area contributed by atoms with Gasteiger partial charge in [0.05, 0.1) is 0 Å². The predicted octanol–water partition coefficient (Wildman–Crippen LogP) is 17.9. The Labute approximate surface area is 383 Å². The third kappa shape index (κ3) is 5.33. The van der Waals surface area contributed by atoms with Crippen LogP contribution in [0.2, 0.25) is 0 Å². The molecule has 66 heavy (non-hydrogen) atoms. The van der Waals surface area contributed by atoms with Crippen LogP contribution in [0.3, 0.4) is 0 Å². The molecule has 0 fully saturated rings. The van der Waals surface area contributed by atoms with Crippen LogP contribution in [0.25, 0.3) is 122 Å². The smallest absolute Gasteiger partial charge is 0.00201 e. The molecule has 14 rings (SSSR count). The third-order valence-corrected chi connectivity index (χ3v) is 14.4. The van der Waals surface area contributed by atoms with Crippen molar-refractivity contribution in [3.63, 3.8) is 0 Å². The first kappa shape index (κ1) is 36.9. The van der Waals surface area contributed by atoms with Crippen molar-refractivity contribution in [3.05, 3.63) is 264 Å². The van der Waals surface area contributed by atoms with E-state index in [0.29, 0.717) is 0 Å². The van der Waals surface area contributed by atoms with Crippen LogP contribution in [0, 0.1) is 0 Å². The molecule has 2 aliphatic rings. The standard InChI is InChI=1S/C66H40/c1-7-25-47-41(19-1)42-20-2-8-26-48(42)61(47)39-63-51-29-11-15-33-55(51)65(56-34-16-12-30-52(56)63)59-37-38-60(46-24-6-5-23-45(46)59)66-57-35-17-13-31-53(57)64(54-32-14-18-36-58(54)66)40-62-49-27-9-3-21-43(49)44-22-4-10-28-50(44)62/h1-40H. The van der Waals surface area contributed by atoms with Gasteiger partial charge in [0.25, 0.3) is 0 Å². The van der Waals surface area contributed by atoms with Gasteiger partial charge in [-0.15, -0.1) is 0 Å². The van der Waals surface area contributed by atoms with Crippen LogP contribution < -0.4 is 0 Å². The molecule has 0 aromatic heterocycles. The van der Waals surface area contributed by atoms with Crippen LogP contribution in [0.5, 0.6) is 0 Å². The quantitative estimate of drug-likeness (QED) is 0.155. The van der Waals surface area contributed by atoms with Crippen LogP contribution in [-0.4, -0.2) is 0 Å². The molecule has 0 amide bonds. The van der Waals surface area contributed by atoms with Gasteiger partial charge in [0.1, 0.15) is 0 Å². The first-order chi connectivity index (χ1) is 32.8. The van der Waals surface area contributed by atoms with Gasteiger partial charge >= 0.3 is 0 Å². The molecule has 0 atom stereocenters. The van der Waals surface area contributed by atoms with Crippen molar-refractivity contribution in [2.24, 2.45) is 0 Å². The SMILES string of the molecule is C(=C1c2ccccc2-c2ccccc21)c1c2ccccc2c(-c2ccc(-c3c4ccccc4c(C=C4c5ccccc5-c5ccccc54)c4ccccc34)c3ccccc23)c2ccccc12. The van der Waals surface area contributed by atoms with Crippen LogP contribution in [0.4, 0.5) is 0 Å². The summed E-state index contributed by atoms with van der Waals surface area (Å²) in [7, 11) is 0. The maximum Gasteiger partial charge on any atom is -0.00201 e. The minimum atomic E-state index is 1.24. The Morgan fingerprint density at radius 2 is 0.379 bits per heavy atom. The van der Waals surface area contributed by atoms with Crippen LogP contribution in [-0.2, 0) is 0 Å². The van der Waals surface area contributed by atoms with Gasteiger partial charge in [-0.25, -0.2) is 0 Å². The molecule has 12 aromatic carbocycles. The van der Waals surface area contributed by atoms with Crippen molar-refractivity contribution >= 4 is 77.2 Å². The molecule has 0 nitrogen and oxygen atoms in total. The zero-order valence-electron chi connectivity index (χ0n) is 36.1. The Morgan fingerprint density at radius 3 is 0.652 bits per heavy atom. The van der Waals surface area contributed by atoms with Crippen molar-refractivity contribution in [1.82, 2.24) is 0 Å². The highest BCUT2D eigenvalue weighted by molar-refractivity contribution is 6.26. The summed E-state index contributed by atoms with van der Waals surface area (Å²) in [6.07, 6.45) is 4.92. The summed E-state index contributed by atoms with van der Waals surface area (Å²) in [5.41, 5.74) is 20.4. The topological polar surface area (TPSA) is 0 Å². The van der Waals surface area contributed by atoms with Crippen LogP contribution >= 0.6 is 0 Å². The number of hydrogen-bond donors (Lipinski definition) is 0. The molecule has 0 N–H and O–H groups in total. The largest absolute Gasteiger partial charge is 0.0616 e. The van der Waals surface area contributed by atoms with E-state index in [-0.39, 0.29) is 0 Å². The van der Waals surface area contributed by atoms with E-state index in [4.69, 9.17) is 0 Å². The molecular formula is C66H40. The molecule has 304 valence electrons. The highest BCUT2D eigenvalue weighted by Gasteiger charge is 2.26. The fourth-order valence-corrected chi connectivity index (χ4v) is 11.7. The average Bonchev–Trinajstić information content (AvgIpc) is 3.88. The van der Waals surface area contributed by atoms with E-state index in [1.807, 2.05) is 0 Å². The number of fused-ring (bicyclic) bond motifs is 11. The van der Waals surface area contributed by atoms with E-state index < -0.39 is 0 Å². The van der Waals surface area contributed by atoms with Crippen molar-refractivity contribution in [1.29, 1.82) is 0 Å². The third-order valence-electron chi connectivity index (χ3n) is 14.4. The molecule has 12 aromatic rings. The molecule has 0 unspecified atom stereocenters. The lowest BCUT2D eigenvalue weighted by Gasteiger charge is -2.21. The van der Waals surface area contributed by atoms with Crippen molar-refractivity contribution in [3.8, 4) is 44.5 Å². The van der Waals surface area contributed by atoms with Gasteiger partial charge in [-0.05, 0) is 155 Å². The minimum absolute atomic E-state index is 1.24. The Balaban J connectivity index is 1.01. The van der Waals surface area contributed by atoms with Crippen LogP contribution in [0.15, 0.2) is 231 Å². The van der Waals surface area contributed by atoms with E-state index in [2.05, 4.69) is 243 Å². The summed E-state index contributed by atoms with van der Waals surface area (Å²) >= 11 is 0. The molecule has 0 bridgehead atoms. The van der Waals surface area contributed by atoms with Gasteiger partial charge in [-0.1, -0.05) is 231 Å². The first-order valence-electron chi connectivity index (χ1n) is 23.0. The summed E-state index contributed by atoms with van der Waals surface area (Å²) in [5.74, 6) is 0. The molecule has 0 saturated heterocycles. The van der Waals surface area contributed by atoms with Gasteiger partial charge < -0.3 is 0 Å². The van der Waals surface area contributed by atoms with Gasteiger partial charge in [-0.3, -0.25) is 0 Å². The van der Waals surface area contributed by atoms with Gasteiger partial charge in [0.2, 0.25) is 0 Å². The second-order valence-corrected chi connectivity index (χ2v) is 17.8. The number of rotatable bonds is 4.